The molecular formula is C10H12N2O3. The molecule has 2 rings (SSSR count). The third kappa shape index (κ3) is 1.91. The van der Waals surface area contributed by atoms with Gasteiger partial charge in [-0.2, -0.15) is 0 Å². The lowest BCUT2D eigenvalue weighted by atomic mass is 10.1. The van der Waals surface area contributed by atoms with Crippen molar-refractivity contribution < 1.29 is 9.90 Å². The lowest BCUT2D eigenvalue weighted by Gasteiger charge is -2.05. The van der Waals surface area contributed by atoms with Crippen LogP contribution in [0.1, 0.15) is 28.9 Å². The van der Waals surface area contributed by atoms with Gasteiger partial charge < -0.3 is 9.67 Å². The molecule has 0 aliphatic heterocycles. The Kier molecular flexibility index (Phi) is 2.30. The second-order valence-corrected chi connectivity index (χ2v) is 3.93. The minimum absolute atomic E-state index is 0.174. The maximum Gasteiger partial charge on any atom is 0.343 e. The van der Waals surface area contributed by atoms with Crippen LogP contribution in [0.2, 0.25) is 0 Å². The van der Waals surface area contributed by atoms with Crippen LogP contribution in [-0.2, 0) is 13.5 Å². The predicted octanol–water partition coefficient (Wildman–Crippen LogP) is 0.431. The molecule has 80 valence electrons. The number of rotatable bonds is 3. The molecule has 0 bridgehead atoms. The molecule has 1 heterocycles. The normalized spacial score (nSPS) is 15.3. The third-order valence-corrected chi connectivity index (χ3v) is 2.60. The van der Waals surface area contributed by atoms with E-state index >= 15 is 0 Å². The van der Waals surface area contributed by atoms with E-state index in [2.05, 4.69) is 4.98 Å². The van der Waals surface area contributed by atoms with E-state index in [1.807, 2.05) is 0 Å². The molecule has 0 aromatic carbocycles. The summed E-state index contributed by atoms with van der Waals surface area (Å²) in [6, 6.07) is 0. The first-order valence-electron chi connectivity index (χ1n) is 4.87. The van der Waals surface area contributed by atoms with Crippen molar-refractivity contribution in [2.75, 3.05) is 0 Å². The average molecular weight is 208 g/mol. The van der Waals surface area contributed by atoms with Crippen LogP contribution in [0.4, 0.5) is 0 Å². The van der Waals surface area contributed by atoms with Gasteiger partial charge in [-0.1, -0.05) is 0 Å². The molecule has 15 heavy (non-hydrogen) atoms. The Hall–Kier alpha value is -1.65. The first-order chi connectivity index (χ1) is 7.09. The zero-order valence-electron chi connectivity index (χ0n) is 8.43. The van der Waals surface area contributed by atoms with E-state index in [0.717, 1.165) is 12.8 Å². The van der Waals surface area contributed by atoms with Gasteiger partial charge >= 0.3 is 5.97 Å². The van der Waals surface area contributed by atoms with Crippen molar-refractivity contribution in [1.29, 1.82) is 0 Å². The number of carbonyl (C=O) groups is 1. The van der Waals surface area contributed by atoms with Gasteiger partial charge in [0.25, 0.3) is 5.56 Å². The van der Waals surface area contributed by atoms with Crippen molar-refractivity contribution in [1.82, 2.24) is 9.55 Å². The van der Waals surface area contributed by atoms with Crippen molar-refractivity contribution in [3.63, 3.8) is 0 Å². The van der Waals surface area contributed by atoms with Crippen LogP contribution >= 0.6 is 0 Å². The molecule has 0 saturated heterocycles. The van der Waals surface area contributed by atoms with E-state index in [9.17, 15) is 9.59 Å². The number of aromatic carboxylic acids is 1. The zero-order chi connectivity index (χ0) is 11.0. The van der Waals surface area contributed by atoms with Crippen molar-refractivity contribution in [3.05, 3.63) is 27.9 Å². The molecule has 1 aliphatic carbocycles. The number of nitrogens with zero attached hydrogens (tertiary/aromatic N) is 2. The van der Waals surface area contributed by atoms with Crippen molar-refractivity contribution in [2.45, 2.75) is 19.3 Å². The summed E-state index contributed by atoms with van der Waals surface area (Å²) in [7, 11) is 1.50. The molecule has 0 atom stereocenters. The number of hydrogen-bond acceptors (Lipinski definition) is 3. The summed E-state index contributed by atoms with van der Waals surface area (Å²) in [5.41, 5.74) is -0.229. The average Bonchev–Trinajstić information content (AvgIpc) is 2.95. The Morgan fingerprint density at radius 3 is 2.87 bits per heavy atom. The number of carboxylic acids is 1. The summed E-state index contributed by atoms with van der Waals surface area (Å²) in [4.78, 5) is 26.5. The highest BCUT2D eigenvalue weighted by atomic mass is 16.4. The molecule has 0 unspecified atom stereocenters. The van der Waals surface area contributed by atoms with Crippen LogP contribution in [0.5, 0.6) is 0 Å². The molecule has 1 saturated carbocycles. The quantitative estimate of drug-likeness (QED) is 0.781. The number of hydrogen-bond donors (Lipinski definition) is 1. The standard InChI is InChI=1S/C10H12N2O3/c1-12-5-11-7(4-6-2-3-6)8(9(12)13)10(14)15/h5-6H,2-4H2,1H3,(H,14,15). The molecule has 0 radical (unpaired) electrons. The Labute approximate surface area is 86.4 Å². The molecule has 1 aliphatic rings. The van der Waals surface area contributed by atoms with E-state index in [0.29, 0.717) is 18.0 Å². The van der Waals surface area contributed by atoms with E-state index in [1.54, 1.807) is 0 Å². The zero-order valence-corrected chi connectivity index (χ0v) is 8.43. The highest BCUT2D eigenvalue weighted by molar-refractivity contribution is 5.88. The monoisotopic (exact) mass is 208 g/mol. The molecule has 0 spiro atoms. The first-order valence-corrected chi connectivity index (χ1v) is 4.87. The lowest BCUT2D eigenvalue weighted by molar-refractivity contribution is 0.0692. The Balaban J connectivity index is 2.47. The Morgan fingerprint density at radius 2 is 2.33 bits per heavy atom. The van der Waals surface area contributed by atoms with Gasteiger partial charge in [0.2, 0.25) is 0 Å². The molecule has 1 fully saturated rings. The summed E-state index contributed by atoms with van der Waals surface area (Å²) in [5, 5.41) is 8.95. The first kappa shape index (κ1) is 9.89. The molecule has 1 N–H and O–H groups in total. The second kappa shape index (κ2) is 3.49. The maximum absolute atomic E-state index is 11.6. The largest absolute Gasteiger partial charge is 0.477 e. The highest BCUT2D eigenvalue weighted by Gasteiger charge is 2.26. The predicted molar refractivity (Wildman–Crippen MR) is 52.9 cm³/mol. The van der Waals surface area contributed by atoms with E-state index in [4.69, 9.17) is 5.11 Å². The fourth-order valence-corrected chi connectivity index (χ4v) is 1.54. The second-order valence-electron chi connectivity index (χ2n) is 3.93. The van der Waals surface area contributed by atoms with Crippen LogP contribution in [0.3, 0.4) is 0 Å². The van der Waals surface area contributed by atoms with Crippen LogP contribution < -0.4 is 5.56 Å². The minimum atomic E-state index is -1.18. The smallest absolute Gasteiger partial charge is 0.343 e. The van der Waals surface area contributed by atoms with Gasteiger partial charge in [0.15, 0.2) is 0 Å². The summed E-state index contributed by atoms with van der Waals surface area (Å²) in [5.74, 6) is -0.665. The highest BCUT2D eigenvalue weighted by Crippen LogP contribution is 2.32. The lowest BCUT2D eigenvalue weighted by Crippen LogP contribution is -2.27. The SMILES string of the molecule is Cn1cnc(CC2CC2)c(C(=O)O)c1=O. The van der Waals surface area contributed by atoms with Gasteiger partial charge in [-0.25, -0.2) is 9.78 Å². The Bertz CT molecular complexity index is 460. The fourth-order valence-electron chi connectivity index (χ4n) is 1.54. The van der Waals surface area contributed by atoms with Gasteiger partial charge in [0, 0.05) is 7.05 Å². The fraction of sp³-hybridized carbons (Fsp3) is 0.500. The third-order valence-electron chi connectivity index (χ3n) is 2.60. The van der Waals surface area contributed by atoms with E-state index in [-0.39, 0.29) is 5.56 Å². The molecule has 1 aromatic heterocycles. The van der Waals surface area contributed by atoms with Gasteiger partial charge in [-0.05, 0) is 25.2 Å². The molecular weight excluding hydrogens is 196 g/mol. The summed E-state index contributed by atoms with van der Waals surface area (Å²) in [6.45, 7) is 0. The maximum atomic E-state index is 11.6. The topological polar surface area (TPSA) is 72.2 Å². The van der Waals surface area contributed by atoms with Crippen molar-refractivity contribution in [3.8, 4) is 0 Å². The van der Waals surface area contributed by atoms with Crippen LogP contribution in [-0.4, -0.2) is 20.6 Å². The van der Waals surface area contributed by atoms with Gasteiger partial charge in [0.05, 0.1) is 12.0 Å². The van der Waals surface area contributed by atoms with Crippen LogP contribution in [0.15, 0.2) is 11.1 Å². The summed E-state index contributed by atoms with van der Waals surface area (Å²) >= 11 is 0. The number of aromatic nitrogens is 2. The molecule has 5 nitrogen and oxygen atoms in total. The molecule has 1 aromatic rings. The van der Waals surface area contributed by atoms with Gasteiger partial charge in [0.1, 0.15) is 5.56 Å². The van der Waals surface area contributed by atoms with Gasteiger partial charge in [-0.3, -0.25) is 4.79 Å². The summed E-state index contributed by atoms with van der Waals surface area (Å²) < 4.78 is 1.19. The number of aryl methyl sites for hydroxylation is 1. The van der Waals surface area contributed by atoms with Crippen molar-refractivity contribution >= 4 is 5.97 Å². The van der Waals surface area contributed by atoms with Crippen LogP contribution in [0, 0.1) is 5.92 Å². The van der Waals surface area contributed by atoms with E-state index < -0.39 is 11.5 Å². The molecule has 0 amide bonds. The minimum Gasteiger partial charge on any atom is -0.477 e. The summed E-state index contributed by atoms with van der Waals surface area (Å²) in [6.07, 6.45) is 4.20. The Morgan fingerprint density at radius 1 is 1.67 bits per heavy atom. The van der Waals surface area contributed by atoms with Gasteiger partial charge in [-0.15, -0.1) is 0 Å². The van der Waals surface area contributed by atoms with Crippen LogP contribution in [0.25, 0.3) is 0 Å². The number of carboxylic acid groups (broad SMARTS) is 1. The molecule has 5 heteroatoms. The van der Waals surface area contributed by atoms with Crippen molar-refractivity contribution in [2.24, 2.45) is 13.0 Å². The van der Waals surface area contributed by atoms with E-state index in [1.165, 1.54) is 17.9 Å².